The molecule has 4 heteroatoms. The van der Waals surface area contributed by atoms with Gasteiger partial charge in [-0.2, -0.15) is 0 Å². The molecule has 2 unspecified atom stereocenters. The SMILES string of the molecule is CC1CN(CCC2CCN(CCN)CC2)CC(C)O1. The fraction of sp³-hybridized carbons (Fsp3) is 1.00. The molecule has 2 rings (SSSR count). The van der Waals surface area contributed by atoms with Crippen molar-refractivity contribution in [2.75, 3.05) is 45.8 Å². The molecule has 0 saturated carbocycles. The van der Waals surface area contributed by atoms with E-state index >= 15 is 0 Å². The van der Waals surface area contributed by atoms with E-state index in [4.69, 9.17) is 10.5 Å². The van der Waals surface area contributed by atoms with Crippen LogP contribution in [-0.4, -0.2) is 67.8 Å². The number of morpholine rings is 1. The van der Waals surface area contributed by atoms with E-state index in [2.05, 4.69) is 23.6 Å². The molecule has 0 amide bonds. The lowest BCUT2D eigenvalue weighted by Gasteiger charge is -2.37. The first-order chi connectivity index (χ1) is 9.17. The fourth-order valence-corrected chi connectivity index (χ4v) is 3.51. The number of hydrogen-bond acceptors (Lipinski definition) is 4. The van der Waals surface area contributed by atoms with E-state index in [1.54, 1.807) is 0 Å². The van der Waals surface area contributed by atoms with Crippen molar-refractivity contribution < 1.29 is 4.74 Å². The number of likely N-dealkylation sites (tertiary alicyclic amines) is 1. The zero-order valence-corrected chi connectivity index (χ0v) is 12.7. The van der Waals surface area contributed by atoms with Crippen molar-refractivity contribution in [3.05, 3.63) is 0 Å². The predicted octanol–water partition coefficient (Wildman–Crippen LogP) is 1.16. The van der Waals surface area contributed by atoms with Gasteiger partial charge in [0.05, 0.1) is 12.2 Å². The second-order valence-electron chi connectivity index (χ2n) is 6.38. The highest BCUT2D eigenvalue weighted by Crippen LogP contribution is 2.21. The molecule has 0 aromatic carbocycles. The molecular formula is C15H31N3O. The number of piperidine rings is 1. The van der Waals surface area contributed by atoms with Crippen LogP contribution in [0.1, 0.15) is 33.1 Å². The van der Waals surface area contributed by atoms with Crippen LogP contribution in [0, 0.1) is 5.92 Å². The van der Waals surface area contributed by atoms with Crippen LogP contribution in [0.4, 0.5) is 0 Å². The summed E-state index contributed by atoms with van der Waals surface area (Å²) in [5, 5.41) is 0. The fourth-order valence-electron chi connectivity index (χ4n) is 3.51. The Kier molecular flexibility index (Phi) is 6.07. The Bertz CT molecular complexity index is 244. The lowest BCUT2D eigenvalue weighted by molar-refractivity contribution is -0.0693. The third-order valence-electron chi connectivity index (χ3n) is 4.50. The van der Waals surface area contributed by atoms with Crippen LogP contribution in [-0.2, 0) is 4.74 Å². The average Bonchev–Trinajstić information content (AvgIpc) is 2.37. The summed E-state index contributed by atoms with van der Waals surface area (Å²) in [6.07, 6.45) is 4.87. The van der Waals surface area contributed by atoms with Crippen LogP contribution in [0.25, 0.3) is 0 Å². The van der Waals surface area contributed by atoms with Gasteiger partial charge in [0.25, 0.3) is 0 Å². The van der Waals surface area contributed by atoms with Crippen molar-refractivity contribution >= 4 is 0 Å². The van der Waals surface area contributed by atoms with Crippen molar-refractivity contribution in [1.29, 1.82) is 0 Å². The van der Waals surface area contributed by atoms with E-state index in [-0.39, 0.29) is 0 Å². The van der Waals surface area contributed by atoms with Crippen molar-refractivity contribution in [1.82, 2.24) is 9.80 Å². The Morgan fingerprint density at radius 3 is 2.21 bits per heavy atom. The number of hydrogen-bond donors (Lipinski definition) is 1. The lowest BCUT2D eigenvalue weighted by Crippen LogP contribution is -2.46. The first-order valence-corrected chi connectivity index (χ1v) is 7.97. The van der Waals surface area contributed by atoms with Crippen LogP contribution in [0.3, 0.4) is 0 Å². The highest BCUT2D eigenvalue weighted by Gasteiger charge is 2.24. The van der Waals surface area contributed by atoms with Gasteiger partial charge in [-0.1, -0.05) is 0 Å². The number of rotatable bonds is 5. The summed E-state index contributed by atoms with van der Waals surface area (Å²) in [4.78, 5) is 5.10. The minimum Gasteiger partial charge on any atom is -0.373 e. The topological polar surface area (TPSA) is 41.7 Å². The van der Waals surface area contributed by atoms with Crippen LogP contribution in [0.5, 0.6) is 0 Å². The summed E-state index contributed by atoms with van der Waals surface area (Å²) in [7, 11) is 0. The van der Waals surface area contributed by atoms with E-state index < -0.39 is 0 Å². The van der Waals surface area contributed by atoms with Gasteiger partial charge in [0.2, 0.25) is 0 Å². The zero-order valence-electron chi connectivity index (χ0n) is 12.7. The molecule has 2 N–H and O–H groups in total. The molecule has 2 aliphatic heterocycles. The molecule has 0 aromatic heterocycles. The average molecular weight is 269 g/mol. The molecule has 0 aromatic rings. The van der Waals surface area contributed by atoms with Gasteiger partial charge in [0.1, 0.15) is 0 Å². The highest BCUT2D eigenvalue weighted by molar-refractivity contribution is 4.77. The molecule has 2 fully saturated rings. The Morgan fingerprint density at radius 1 is 1.00 bits per heavy atom. The molecule has 0 radical (unpaired) electrons. The minimum absolute atomic E-state index is 0.398. The van der Waals surface area contributed by atoms with Gasteiger partial charge in [-0.05, 0) is 58.7 Å². The molecule has 0 spiro atoms. The third-order valence-corrected chi connectivity index (χ3v) is 4.50. The lowest BCUT2D eigenvalue weighted by atomic mass is 9.93. The van der Waals surface area contributed by atoms with Crippen molar-refractivity contribution in [3.63, 3.8) is 0 Å². The van der Waals surface area contributed by atoms with E-state index in [0.717, 1.165) is 32.1 Å². The Labute approximate surface area is 118 Å². The quantitative estimate of drug-likeness (QED) is 0.813. The van der Waals surface area contributed by atoms with Crippen LogP contribution in [0.2, 0.25) is 0 Å². The van der Waals surface area contributed by atoms with Gasteiger partial charge in [0, 0.05) is 26.2 Å². The molecule has 2 heterocycles. The van der Waals surface area contributed by atoms with Gasteiger partial charge in [-0.15, -0.1) is 0 Å². The maximum absolute atomic E-state index is 5.79. The molecule has 2 aliphatic rings. The van der Waals surface area contributed by atoms with E-state index in [1.807, 2.05) is 0 Å². The molecular weight excluding hydrogens is 238 g/mol. The maximum Gasteiger partial charge on any atom is 0.0678 e. The van der Waals surface area contributed by atoms with Gasteiger partial charge in [-0.25, -0.2) is 0 Å². The standard InChI is InChI=1S/C15H31N3O/c1-13-11-18(12-14(2)19-13)9-5-15-3-7-17(8-4-15)10-6-16/h13-15H,3-12,16H2,1-2H3. The summed E-state index contributed by atoms with van der Waals surface area (Å²) >= 11 is 0. The van der Waals surface area contributed by atoms with Gasteiger partial charge < -0.3 is 15.4 Å². The number of ether oxygens (including phenoxy) is 1. The van der Waals surface area contributed by atoms with E-state index in [0.29, 0.717) is 12.2 Å². The smallest absolute Gasteiger partial charge is 0.0678 e. The minimum atomic E-state index is 0.398. The van der Waals surface area contributed by atoms with E-state index in [9.17, 15) is 0 Å². The molecule has 2 saturated heterocycles. The normalized spacial score (nSPS) is 31.7. The molecule has 19 heavy (non-hydrogen) atoms. The summed E-state index contributed by atoms with van der Waals surface area (Å²) < 4.78 is 5.79. The molecule has 0 aliphatic carbocycles. The Morgan fingerprint density at radius 2 is 1.63 bits per heavy atom. The van der Waals surface area contributed by atoms with Crippen molar-refractivity contribution in [3.8, 4) is 0 Å². The monoisotopic (exact) mass is 269 g/mol. The Balaban J connectivity index is 1.63. The first-order valence-electron chi connectivity index (χ1n) is 7.97. The first kappa shape index (κ1) is 15.2. The van der Waals surface area contributed by atoms with Crippen LogP contribution < -0.4 is 5.73 Å². The second kappa shape index (κ2) is 7.58. The number of nitrogens with two attached hydrogens (primary N) is 1. The summed E-state index contributed by atoms with van der Waals surface area (Å²) in [5.74, 6) is 0.919. The highest BCUT2D eigenvalue weighted by atomic mass is 16.5. The van der Waals surface area contributed by atoms with Gasteiger partial charge in [-0.3, -0.25) is 4.90 Å². The summed E-state index contributed by atoms with van der Waals surface area (Å²) in [5.41, 5.74) is 5.62. The second-order valence-corrected chi connectivity index (χ2v) is 6.38. The van der Waals surface area contributed by atoms with E-state index in [1.165, 1.54) is 38.9 Å². The predicted molar refractivity (Wildman–Crippen MR) is 79.3 cm³/mol. The van der Waals surface area contributed by atoms with Crippen LogP contribution in [0.15, 0.2) is 0 Å². The molecule has 0 bridgehead atoms. The van der Waals surface area contributed by atoms with Gasteiger partial charge >= 0.3 is 0 Å². The summed E-state index contributed by atoms with van der Waals surface area (Å²) in [6.45, 7) is 12.2. The third kappa shape index (κ3) is 5.03. The Hall–Kier alpha value is -0.160. The molecule has 112 valence electrons. The van der Waals surface area contributed by atoms with Crippen molar-refractivity contribution in [2.24, 2.45) is 11.7 Å². The maximum atomic E-state index is 5.79. The largest absolute Gasteiger partial charge is 0.373 e. The van der Waals surface area contributed by atoms with Gasteiger partial charge in [0.15, 0.2) is 0 Å². The number of nitrogens with zero attached hydrogens (tertiary/aromatic N) is 2. The van der Waals surface area contributed by atoms with Crippen molar-refractivity contribution in [2.45, 2.75) is 45.3 Å². The summed E-state index contributed by atoms with van der Waals surface area (Å²) in [6, 6.07) is 0. The molecule has 4 nitrogen and oxygen atoms in total. The van der Waals surface area contributed by atoms with Crippen LogP contribution >= 0.6 is 0 Å². The molecule has 2 atom stereocenters. The zero-order chi connectivity index (χ0) is 13.7.